The molecule has 32 heavy (non-hydrogen) atoms. The van der Waals surface area contributed by atoms with E-state index in [1.165, 1.54) is 44.6 Å². The highest BCUT2D eigenvalue weighted by molar-refractivity contribution is 7.92. The molecule has 0 bridgehead atoms. The average molecular weight is 505 g/mol. The average Bonchev–Trinajstić information content (AvgIpc) is 2.73. The molecule has 0 aliphatic carbocycles. The molecule has 0 radical (unpaired) electrons. The van der Waals surface area contributed by atoms with Crippen LogP contribution in [0.1, 0.15) is 30.6 Å². The number of carbonyl (C=O) groups excluding carboxylic acids is 1. The maximum atomic E-state index is 13.0. The van der Waals surface area contributed by atoms with E-state index in [-0.39, 0.29) is 38.0 Å². The third-order valence-electron chi connectivity index (χ3n) is 4.27. The van der Waals surface area contributed by atoms with Gasteiger partial charge in [0.05, 0.1) is 46.5 Å². The molecular formula is C21H26Cl2N2O6S. The van der Waals surface area contributed by atoms with Crippen LogP contribution in [0, 0.1) is 0 Å². The molecule has 0 atom stereocenters. The third-order valence-corrected chi connectivity index (χ3v) is 6.26. The highest BCUT2D eigenvalue weighted by Crippen LogP contribution is 2.37. The summed E-state index contributed by atoms with van der Waals surface area (Å²) < 4.78 is 44.1. The van der Waals surface area contributed by atoms with E-state index < -0.39 is 15.9 Å². The van der Waals surface area contributed by atoms with Gasteiger partial charge in [-0.1, -0.05) is 23.2 Å². The number of ether oxygens (including phenoxy) is 3. The number of hydrogen-bond donors (Lipinski definition) is 2. The van der Waals surface area contributed by atoms with E-state index in [0.717, 1.165) is 0 Å². The molecule has 11 heteroatoms. The Morgan fingerprint density at radius 3 is 2.34 bits per heavy atom. The lowest BCUT2D eigenvalue weighted by molar-refractivity contribution is 0.0757. The Bertz CT molecular complexity index is 1060. The molecule has 1 amide bonds. The summed E-state index contributed by atoms with van der Waals surface area (Å²) in [7, 11) is -1.26. The fourth-order valence-electron chi connectivity index (χ4n) is 2.68. The van der Waals surface area contributed by atoms with Crippen LogP contribution in [0.2, 0.25) is 10.0 Å². The molecule has 2 aromatic rings. The smallest absolute Gasteiger partial charge is 0.262 e. The lowest BCUT2D eigenvalue weighted by Gasteiger charge is -2.15. The Morgan fingerprint density at radius 2 is 1.72 bits per heavy atom. The van der Waals surface area contributed by atoms with Gasteiger partial charge in [0.25, 0.3) is 15.9 Å². The molecule has 0 unspecified atom stereocenters. The molecule has 0 saturated carbocycles. The van der Waals surface area contributed by atoms with Gasteiger partial charge in [0, 0.05) is 19.2 Å². The Kier molecular flexibility index (Phi) is 9.45. The van der Waals surface area contributed by atoms with Gasteiger partial charge in [-0.2, -0.15) is 0 Å². The largest absolute Gasteiger partial charge is 0.495 e. The molecule has 0 aliphatic rings. The van der Waals surface area contributed by atoms with Crippen molar-refractivity contribution in [3.63, 3.8) is 0 Å². The van der Waals surface area contributed by atoms with E-state index >= 15 is 0 Å². The second kappa shape index (κ2) is 11.6. The molecular weight excluding hydrogens is 479 g/mol. The van der Waals surface area contributed by atoms with Crippen molar-refractivity contribution in [1.82, 2.24) is 5.32 Å². The molecule has 2 aromatic carbocycles. The lowest BCUT2D eigenvalue weighted by atomic mass is 10.2. The van der Waals surface area contributed by atoms with Crippen LogP contribution in [0.25, 0.3) is 0 Å². The zero-order valence-electron chi connectivity index (χ0n) is 18.2. The number of hydrogen-bond acceptors (Lipinski definition) is 6. The second-order valence-electron chi connectivity index (χ2n) is 6.96. The van der Waals surface area contributed by atoms with Crippen LogP contribution in [-0.4, -0.2) is 47.8 Å². The zero-order valence-corrected chi connectivity index (χ0v) is 20.5. The van der Waals surface area contributed by atoms with Gasteiger partial charge >= 0.3 is 0 Å². The Hall–Kier alpha value is -2.20. The molecule has 0 fully saturated rings. The number of sulfonamides is 1. The van der Waals surface area contributed by atoms with Gasteiger partial charge in [0.2, 0.25) is 0 Å². The molecule has 8 nitrogen and oxygen atoms in total. The van der Waals surface area contributed by atoms with E-state index in [1.54, 1.807) is 0 Å². The number of methoxy groups -OCH3 is 2. The first-order valence-corrected chi connectivity index (χ1v) is 12.0. The van der Waals surface area contributed by atoms with Crippen molar-refractivity contribution in [3.8, 4) is 11.5 Å². The van der Waals surface area contributed by atoms with E-state index in [4.69, 9.17) is 37.4 Å². The molecule has 0 aliphatic heterocycles. The van der Waals surface area contributed by atoms with Gasteiger partial charge in [-0.15, -0.1) is 0 Å². The summed E-state index contributed by atoms with van der Waals surface area (Å²) >= 11 is 12.2. The van der Waals surface area contributed by atoms with Crippen LogP contribution in [-0.2, 0) is 14.8 Å². The molecule has 2 N–H and O–H groups in total. The van der Waals surface area contributed by atoms with E-state index in [1.807, 2.05) is 13.8 Å². The number of benzene rings is 2. The van der Waals surface area contributed by atoms with Crippen molar-refractivity contribution < 1.29 is 27.4 Å². The van der Waals surface area contributed by atoms with Crippen molar-refractivity contribution in [1.29, 1.82) is 0 Å². The summed E-state index contributed by atoms with van der Waals surface area (Å²) in [5, 5.41) is 3.04. The minimum Gasteiger partial charge on any atom is -0.495 e. The van der Waals surface area contributed by atoms with Gasteiger partial charge in [0.15, 0.2) is 0 Å². The van der Waals surface area contributed by atoms with E-state index in [0.29, 0.717) is 25.3 Å². The summed E-state index contributed by atoms with van der Waals surface area (Å²) in [6.45, 7) is 4.70. The topological polar surface area (TPSA) is 103 Å². The zero-order chi connectivity index (χ0) is 23.9. The van der Waals surface area contributed by atoms with Crippen molar-refractivity contribution >= 4 is 44.8 Å². The van der Waals surface area contributed by atoms with Gasteiger partial charge < -0.3 is 19.5 Å². The first-order chi connectivity index (χ1) is 15.1. The molecule has 0 saturated heterocycles. The van der Waals surface area contributed by atoms with Gasteiger partial charge in [-0.05, 0) is 44.5 Å². The number of halogens is 2. The second-order valence-corrected chi connectivity index (χ2v) is 9.46. The first kappa shape index (κ1) is 26.1. The van der Waals surface area contributed by atoms with Gasteiger partial charge in [-0.25, -0.2) is 8.42 Å². The van der Waals surface area contributed by atoms with Gasteiger partial charge in [0.1, 0.15) is 11.5 Å². The molecule has 0 spiro atoms. The molecule has 2 rings (SSSR count). The van der Waals surface area contributed by atoms with Crippen molar-refractivity contribution in [3.05, 3.63) is 45.9 Å². The number of amides is 1. The summed E-state index contributed by atoms with van der Waals surface area (Å²) in [5.74, 6) is 0.0581. The predicted octanol–water partition coefficient (Wildman–Crippen LogP) is 4.36. The Labute approximate surface area is 198 Å². The Morgan fingerprint density at radius 1 is 1.03 bits per heavy atom. The van der Waals surface area contributed by atoms with Crippen LogP contribution in [0.3, 0.4) is 0 Å². The number of anilines is 1. The van der Waals surface area contributed by atoms with Crippen molar-refractivity contribution in [2.45, 2.75) is 31.3 Å². The SMILES string of the molecule is COc1cc(OC)c(NS(=O)(=O)c2ccc(Cl)c(C(=O)NCCCOC(C)C)c2)cc1Cl. The highest BCUT2D eigenvalue weighted by Gasteiger charge is 2.21. The maximum absolute atomic E-state index is 13.0. The third kappa shape index (κ3) is 6.90. The quantitative estimate of drug-likeness (QED) is 0.440. The van der Waals surface area contributed by atoms with E-state index in [2.05, 4.69) is 10.0 Å². The summed E-state index contributed by atoms with van der Waals surface area (Å²) in [6, 6.07) is 6.70. The first-order valence-electron chi connectivity index (χ1n) is 9.72. The van der Waals surface area contributed by atoms with Gasteiger partial charge in [-0.3, -0.25) is 9.52 Å². The minimum atomic E-state index is -4.08. The summed E-state index contributed by atoms with van der Waals surface area (Å²) in [5.41, 5.74) is 0.156. The lowest BCUT2D eigenvalue weighted by Crippen LogP contribution is -2.26. The van der Waals surface area contributed by atoms with Crippen LogP contribution >= 0.6 is 23.2 Å². The van der Waals surface area contributed by atoms with Crippen LogP contribution in [0.5, 0.6) is 11.5 Å². The minimum absolute atomic E-state index is 0.0408. The standard InChI is InChI=1S/C21H26Cl2N2O6S/c1-13(2)31-9-5-8-24-21(26)15-10-14(6-7-16(15)22)32(27,28)25-18-11-17(23)19(29-3)12-20(18)30-4/h6-7,10-13,25H,5,8-9H2,1-4H3,(H,24,26). The van der Waals surface area contributed by atoms with Crippen LogP contribution in [0.4, 0.5) is 5.69 Å². The number of rotatable bonds is 11. The van der Waals surface area contributed by atoms with E-state index in [9.17, 15) is 13.2 Å². The normalized spacial score (nSPS) is 11.3. The summed E-state index contributed by atoms with van der Waals surface area (Å²) in [6.07, 6.45) is 0.716. The summed E-state index contributed by atoms with van der Waals surface area (Å²) in [4.78, 5) is 12.4. The Balaban J connectivity index is 2.21. The molecule has 0 aromatic heterocycles. The molecule has 176 valence electrons. The van der Waals surface area contributed by atoms with Crippen LogP contribution < -0.4 is 19.5 Å². The van der Waals surface area contributed by atoms with Crippen molar-refractivity contribution in [2.24, 2.45) is 0 Å². The predicted molar refractivity (Wildman–Crippen MR) is 125 cm³/mol. The highest BCUT2D eigenvalue weighted by atomic mass is 35.5. The fourth-order valence-corrected chi connectivity index (χ4v) is 4.21. The van der Waals surface area contributed by atoms with Crippen LogP contribution in [0.15, 0.2) is 35.2 Å². The van der Waals surface area contributed by atoms with Crippen molar-refractivity contribution in [2.75, 3.05) is 32.1 Å². The number of nitrogens with one attached hydrogen (secondary N) is 2. The number of carbonyl (C=O) groups is 1. The molecule has 0 heterocycles. The maximum Gasteiger partial charge on any atom is 0.262 e. The fraction of sp³-hybridized carbons (Fsp3) is 0.381. The monoisotopic (exact) mass is 504 g/mol.